The van der Waals surface area contributed by atoms with Gasteiger partial charge in [-0.3, -0.25) is 0 Å². The molecule has 2 aromatic rings. The van der Waals surface area contributed by atoms with Gasteiger partial charge in [0.1, 0.15) is 5.38 Å². The number of hydrogen-bond donors (Lipinski definition) is 0. The zero-order valence-corrected chi connectivity index (χ0v) is 12.4. The van der Waals surface area contributed by atoms with Crippen LogP contribution >= 0.6 is 50.2 Å². The van der Waals surface area contributed by atoms with Crippen molar-refractivity contribution in [2.45, 2.75) is 19.2 Å². The normalized spacial score (nSPS) is 13.1. The van der Waals surface area contributed by atoms with Crippen molar-refractivity contribution in [3.05, 3.63) is 42.2 Å². The summed E-state index contributed by atoms with van der Waals surface area (Å²) in [6.45, 7) is 4.20. The van der Waals surface area contributed by atoms with Gasteiger partial charge in [0.2, 0.25) is 0 Å². The lowest BCUT2D eigenvalue weighted by Crippen LogP contribution is -1.84. The molecule has 0 amide bonds. The maximum Gasteiger partial charge on any atom is 0.102 e. The predicted octanol–water partition coefficient (Wildman–Crippen LogP) is 5.52. The number of rotatable bonds is 2. The topological polar surface area (TPSA) is 0 Å². The van der Waals surface area contributed by atoms with Crippen molar-refractivity contribution in [2.75, 3.05) is 0 Å². The first-order chi connectivity index (χ1) is 7.08. The van der Waals surface area contributed by atoms with E-state index in [9.17, 15) is 0 Å². The van der Waals surface area contributed by atoms with Crippen LogP contribution in [-0.2, 0) is 0 Å². The monoisotopic (exact) mass is 320 g/mol. The first-order valence-corrected chi connectivity index (χ1v) is 7.40. The largest absolute Gasteiger partial charge is 0.144 e. The average molecular weight is 322 g/mol. The van der Waals surface area contributed by atoms with E-state index in [1.54, 1.807) is 22.7 Å². The van der Waals surface area contributed by atoms with Crippen molar-refractivity contribution in [3.63, 3.8) is 0 Å². The first-order valence-electron chi connectivity index (χ1n) is 4.54. The summed E-state index contributed by atoms with van der Waals surface area (Å²) in [6.07, 6.45) is 0. The van der Waals surface area contributed by atoms with Gasteiger partial charge >= 0.3 is 0 Å². The molecule has 0 bridgehead atoms. The molecule has 0 saturated carbocycles. The standard InChI is InChI=1S/C11H10BrClS2/c1-6-3-4-9(14-6)11(13)10-5-8(12)7(2)15-10/h3-5,11H,1-2H3. The molecule has 0 aliphatic rings. The maximum absolute atomic E-state index is 6.43. The highest BCUT2D eigenvalue weighted by molar-refractivity contribution is 9.10. The molecular weight excluding hydrogens is 312 g/mol. The third kappa shape index (κ3) is 2.47. The van der Waals surface area contributed by atoms with Crippen LogP contribution in [0.4, 0.5) is 0 Å². The Morgan fingerprint density at radius 3 is 2.40 bits per heavy atom. The molecule has 0 aliphatic carbocycles. The molecule has 2 rings (SSSR count). The summed E-state index contributed by atoms with van der Waals surface area (Å²) < 4.78 is 1.15. The highest BCUT2D eigenvalue weighted by Crippen LogP contribution is 2.39. The molecule has 80 valence electrons. The number of thiophene rings is 2. The van der Waals surface area contributed by atoms with Crippen LogP contribution in [0.25, 0.3) is 0 Å². The fourth-order valence-electron chi connectivity index (χ4n) is 1.34. The minimum atomic E-state index is -0.00120. The lowest BCUT2D eigenvalue weighted by atomic mass is 10.3. The highest BCUT2D eigenvalue weighted by atomic mass is 79.9. The van der Waals surface area contributed by atoms with Gasteiger partial charge in [0, 0.05) is 24.0 Å². The molecule has 0 nitrogen and oxygen atoms in total. The van der Waals surface area contributed by atoms with Crippen molar-refractivity contribution in [1.29, 1.82) is 0 Å². The Morgan fingerprint density at radius 2 is 1.93 bits per heavy atom. The second kappa shape index (κ2) is 4.58. The predicted molar refractivity (Wildman–Crippen MR) is 73.5 cm³/mol. The quantitative estimate of drug-likeness (QED) is 0.639. The fourth-order valence-corrected chi connectivity index (χ4v) is 4.25. The average Bonchev–Trinajstić information content (AvgIpc) is 2.74. The van der Waals surface area contributed by atoms with Crippen molar-refractivity contribution < 1.29 is 0 Å². The Labute approximate surface area is 111 Å². The number of halogens is 2. The first kappa shape index (κ1) is 11.6. The molecule has 15 heavy (non-hydrogen) atoms. The van der Waals surface area contributed by atoms with E-state index < -0.39 is 0 Å². The molecule has 2 heterocycles. The third-order valence-corrected chi connectivity index (χ3v) is 6.13. The summed E-state index contributed by atoms with van der Waals surface area (Å²) in [7, 11) is 0. The Hall–Kier alpha value is 0.170. The van der Waals surface area contributed by atoms with Gasteiger partial charge in [-0.2, -0.15) is 0 Å². The molecular formula is C11H10BrClS2. The minimum absolute atomic E-state index is 0.00120. The van der Waals surface area contributed by atoms with Gasteiger partial charge in [0.05, 0.1) is 0 Å². The molecule has 0 aromatic carbocycles. The van der Waals surface area contributed by atoms with E-state index >= 15 is 0 Å². The third-order valence-electron chi connectivity index (χ3n) is 2.14. The van der Waals surface area contributed by atoms with E-state index in [-0.39, 0.29) is 5.38 Å². The molecule has 0 aliphatic heterocycles. The van der Waals surface area contributed by atoms with E-state index in [0.717, 1.165) is 4.47 Å². The van der Waals surface area contributed by atoms with Crippen LogP contribution in [0.3, 0.4) is 0 Å². The van der Waals surface area contributed by atoms with Crippen LogP contribution in [0, 0.1) is 13.8 Å². The van der Waals surface area contributed by atoms with E-state index in [1.807, 2.05) is 0 Å². The van der Waals surface area contributed by atoms with Gasteiger partial charge in [-0.1, -0.05) is 0 Å². The molecule has 0 radical (unpaired) electrons. The van der Waals surface area contributed by atoms with Crippen LogP contribution < -0.4 is 0 Å². The van der Waals surface area contributed by atoms with Crippen molar-refractivity contribution >= 4 is 50.2 Å². The van der Waals surface area contributed by atoms with Crippen molar-refractivity contribution in [3.8, 4) is 0 Å². The van der Waals surface area contributed by atoms with Gasteiger partial charge in [-0.25, -0.2) is 0 Å². The second-order valence-corrected chi connectivity index (χ2v) is 7.26. The summed E-state index contributed by atoms with van der Waals surface area (Å²) >= 11 is 13.5. The maximum atomic E-state index is 6.43. The van der Waals surface area contributed by atoms with Gasteiger partial charge in [0.25, 0.3) is 0 Å². The Bertz CT molecular complexity index is 453. The lowest BCUT2D eigenvalue weighted by molar-refractivity contribution is 1.24. The lowest BCUT2D eigenvalue weighted by Gasteiger charge is -2.02. The van der Waals surface area contributed by atoms with E-state index in [2.05, 4.69) is 48.0 Å². The minimum Gasteiger partial charge on any atom is -0.144 e. The van der Waals surface area contributed by atoms with E-state index in [0.29, 0.717) is 0 Å². The summed E-state index contributed by atoms with van der Waals surface area (Å²) in [4.78, 5) is 5.03. The summed E-state index contributed by atoms with van der Waals surface area (Å²) in [5.41, 5.74) is 0. The van der Waals surface area contributed by atoms with Gasteiger partial charge in [-0.05, 0) is 48.0 Å². The number of alkyl halides is 1. The molecule has 0 saturated heterocycles. The Morgan fingerprint density at radius 1 is 1.20 bits per heavy atom. The van der Waals surface area contributed by atoms with Gasteiger partial charge in [0.15, 0.2) is 0 Å². The Balaban J connectivity index is 2.31. The van der Waals surface area contributed by atoms with Crippen molar-refractivity contribution in [1.82, 2.24) is 0 Å². The van der Waals surface area contributed by atoms with Crippen molar-refractivity contribution in [2.24, 2.45) is 0 Å². The van der Waals surface area contributed by atoms with Crippen LogP contribution in [0.1, 0.15) is 24.9 Å². The molecule has 0 N–H and O–H groups in total. The zero-order chi connectivity index (χ0) is 11.0. The molecule has 0 fully saturated rings. The van der Waals surface area contributed by atoms with Gasteiger partial charge < -0.3 is 0 Å². The van der Waals surface area contributed by atoms with Crippen LogP contribution in [0.2, 0.25) is 0 Å². The van der Waals surface area contributed by atoms with Crippen LogP contribution in [0.5, 0.6) is 0 Å². The van der Waals surface area contributed by atoms with E-state index in [1.165, 1.54) is 19.5 Å². The highest BCUT2D eigenvalue weighted by Gasteiger charge is 2.16. The van der Waals surface area contributed by atoms with Crippen LogP contribution in [0.15, 0.2) is 22.7 Å². The van der Waals surface area contributed by atoms with Crippen LogP contribution in [-0.4, -0.2) is 0 Å². The summed E-state index contributed by atoms with van der Waals surface area (Å²) in [5.74, 6) is 0. The smallest absolute Gasteiger partial charge is 0.102 e. The molecule has 1 atom stereocenters. The Kier molecular flexibility index (Phi) is 3.56. The van der Waals surface area contributed by atoms with E-state index in [4.69, 9.17) is 11.6 Å². The molecule has 4 heteroatoms. The SMILES string of the molecule is Cc1ccc(C(Cl)c2cc(Br)c(C)s2)s1. The zero-order valence-electron chi connectivity index (χ0n) is 8.38. The number of hydrogen-bond acceptors (Lipinski definition) is 2. The summed E-state index contributed by atoms with van der Waals surface area (Å²) in [6, 6.07) is 6.35. The fraction of sp³-hybridized carbons (Fsp3) is 0.273. The summed E-state index contributed by atoms with van der Waals surface area (Å²) in [5, 5.41) is -0.00120. The molecule has 2 aromatic heterocycles. The second-order valence-electron chi connectivity index (χ2n) is 3.36. The molecule has 0 spiro atoms. The number of aryl methyl sites for hydroxylation is 2. The van der Waals surface area contributed by atoms with Gasteiger partial charge in [-0.15, -0.1) is 34.3 Å². The molecule has 1 unspecified atom stereocenters.